The number of nitrogens with zero attached hydrogens (tertiary/aromatic N) is 1. The third-order valence-corrected chi connectivity index (χ3v) is 8.45. The SMILES string of the molecule is Clc1cccc2oc3c4ccccc4c(N(c4ccc(-c5ccccc5)cc4)c4ccc(-c5ccccc5)cc4)cc3c12. The quantitative estimate of drug-likeness (QED) is 0.204. The molecular formula is C40H26ClNO. The van der Waals surface area contributed by atoms with E-state index in [0.717, 1.165) is 49.8 Å². The Morgan fingerprint density at radius 3 is 1.53 bits per heavy atom. The number of fused-ring (bicyclic) bond motifs is 5. The molecule has 0 unspecified atom stereocenters. The molecule has 0 spiro atoms. The van der Waals surface area contributed by atoms with Crippen molar-refractivity contribution in [1.82, 2.24) is 0 Å². The summed E-state index contributed by atoms with van der Waals surface area (Å²) in [7, 11) is 0. The summed E-state index contributed by atoms with van der Waals surface area (Å²) >= 11 is 6.77. The molecule has 0 aliphatic heterocycles. The van der Waals surface area contributed by atoms with Gasteiger partial charge in [-0.05, 0) is 64.7 Å². The second-order valence-corrected chi connectivity index (χ2v) is 11.1. The van der Waals surface area contributed by atoms with Gasteiger partial charge in [0.15, 0.2) is 0 Å². The molecule has 0 amide bonds. The molecule has 2 nitrogen and oxygen atoms in total. The maximum atomic E-state index is 6.77. The summed E-state index contributed by atoms with van der Waals surface area (Å²) in [6.45, 7) is 0. The minimum Gasteiger partial charge on any atom is -0.455 e. The molecular weight excluding hydrogens is 546 g/mol. The largest absolute Gasteiger partial charge is 0.455 e. The molecule has 43 heavy (non-hydrogen) atoms. The molecule has 0 fully saturated rings. The summed E-state index contributed by atoms with van der Waals surface area (Å²) in [5, 5.41) is 4.77. The highest BCUT2D eigenvalue weighted by Crippen LogP contribution is 2.46. The van der Waals surface area contributed by atoms with Crippen molar-refractivity contribution >= 4 is 61.4 Å². The van der Waals surface area contributed by atoms with Crippen LogP contribution in [-0.4, -0.2) is 0 Å². The lowest BCUT2D eigenvalue weighted by molar-refractivity contribution is 0.672. The van der Waals surface area contributed by atoms with E-state index in [-0.39, 0.29) is 0 Å². The Balaban J connectivity index is 1.37. The van der Waals surface area contributed by atoms with Crippen molar-refractivity contribution in [2.24, 2.45) is 0 Å². The Bertz CT molecular complexity index is 2140. The Hall–Kier alpha value is -5.31. The monoisotopic (exact) mass is 571 g/mol. The number of rotatable bonds is 5. The predicted molar refractivity (Wildman–Crippen MR) is 182 cm³/mol. The van der Waals surface area contributed by atoms with Crippen LogP contribution in [0.3, 0.4) is 0 Å². The molecule has 0 saturated carbocycles. The lowest BCUT2D eigenvalue weighted by Crippen LogP contribution is -2.10. The van der Waals surface area contributed by atoms with Gasteiger partial charge in [-0.25, -0.2) is 0 Å². The fraction of sp³-hybridized carbons (Fsp3) is 0. The molecule has 0 bridgehead atoms. The van der Waals surface area contributed by atoms with E-state index in [2.05, 4.69) is 132 Å². The average molecular weight is 572 g/mol. The number of halogens is 1. The first kappa shape index (κ1) is 25.4. The van der Waals surface area contributed by atoms with Crippen LogP contribution in [0, 0.1) is 0 Å². The minimum atomic E-state index is 0.684. The fourth-order valence-corrected chi connectivity index (χ4v) is 6.33. The van der Waals surface area contributed by atoms with Crippen LogP contribution in [0.1, 0.15) is 0 Å². The van der Waals surface area contributed by atoms with Crippen molar-refractivity contribution in [2.45, 2.75) is 0 Å². The molecule has 0 saturated heterocycles. The smallest absolute Gasteiger partial charge is 0.143 e. The molecule has 0 N–H and O–H groups in total. The standard InChI is InChI=1S/C40H26ClNO/c41-36-16-9-17-38-39(36)35-26-37(33-14-7-8-15-34(33)40(35)43-38)42(31-22-18-29(19-23-31)27-10-3-1-4-11-27)32-24-20-30(21-25-32)28-12-5-2-6-13-28/h1-26H. The van der Waals surface area contributed by atoms with Crippen LogP contribution in [0.4, 0.5) is 17.1 Å². The molecule has 204 valence electrons. The van der Waals surface area contributed by atoms with Crippen LogP contribution >= 0.6 is 11.6 Å². The molecule has 1 aromatic heterocycles. The minimum absolute atomic E-state index is 0.684. The highest BCUT2D eigenvalue weighted by atomic mass is 35.5. The first-order chi connectivity index (χ1) is 21.2. The average Bonchev–Trinajstić information content (AvgIpc) is 3.46. The van der Waals surface area contributed by atoms with Gasteiger partial charge in [-0.2, -0.15) is 0 Å². The van der Waals surface area contributed by atoms with Crippen molar-refractivity contribution in [3.8, 4) is 22.3 Å². The highest BCUT2D eigenvalue weighted by Gasteiger charge is 2.21. The summed E-state index contributed by atoms with van der Waals surface area (Å²) in [6, 6.07) is 55.1. The normalized spacial score (nSPS) is 11.4. The number of anilines is 3. The summed E-state index contributed by atoms with van der Waals surface area (Å²) in [5.41, 5.74) is 9.57. The zero-order valence-corrected chi connectivity index (χ0v) is 24.0. The highest BCUT2D eigenvalue weighted by molar-refractivity contribution is 6.38. The maximum Gasteiger partial charge on any atom is 0.143 e. The van der Waals surface area contributed by atoms with E-state index in [1.165, 1.54) is 22.3 Å². The predicted octanol–water partition coefficient (Wildman–Crippen LogP) is 12.2. The molecule has 8 rings (SSSR count). The van der Waals surface area contributed by atoms with Crippen molar-refractivity contribution in [3.05, 3.63) is 163 Å². The Morgan fingerprint density at radius 1 is 0.442 bits per heavy atom. The fourth-order valence-electron chi connectivity index (χ4n) is 6.07. The zero-order valence-electron chi connectivity index (χ0n) is 23.2. The summed E-state index contributed by atoms with van der Waals surface area (Å²) in [4.78, 5) is 2.33. The van der Waals surface area contributed by atoms with Crippen LogP contribution in [0.2, 0.25) is 5.02 Å². The van der Waals surface area contributed by atoms with E-state index < -0.39 is 0 Å². The number of furan rings is 1. The number of benzene rings is 7. The second kappa shape index (κ2) is 10.5. The van der Waals surface area contributed by atoms with E-state index in [1.807, 2.05) is 30.3 Å². The second-order valence-electron chi connectivity index (χ2n) is 10.7. The van der Waals surface area contributed by atoms with E-state index in [4.69, 9.17) is 16.0 Å². The van der Waals surface area contributed by atoms with Gasteiger partial charge in [0.05, 0.1) is 10.7 Å². The lowest BCUT2D eigenvalue weighted by atomic mass is 10.0. The van der Waals surface area contributed by atoms with Gasteiger partial charge in [0.2, 0.25) is 0 Å². The molecule has 1 heterocycles. The van der Waals surface area contributed by atoms with Crippen LogP contribution in [-0.2, 0) is 0 Å². The van der Waals surface area contributed by atoms with E-state index in [1.54, 1.807) is 0 Å². The molecule has 0 atom stereocenters. The van der Waals surface area contributed by atoms with Crippen molar-refractivity contribution < 1.29 is 4.42 Å². The van der Waals surface area contributed by atoms with Crippen LogP contribution < -0.4 is 4.90 Å². The van der Waals surface area contributed by atoms with Crippen LogP contribution in [0.25, 0.3) is 55.0 Å². The van der Waals surface area contributed by atoms with Gasteiger partial charge in [-0.15, -0.1) is 0 Å². The summed E-state index contributed by atoms with van der Waals surface area (Å²) in [5.74, 6) is 0. The Morgan fingerprint density at radius 2 is 0.953 bits per heavy atom. The third kappa shape index (κ3) is 4.44. The molecule has 8 aromatic rings. The van der Waals surface area contributed by atoms with E-state index in [0.29, 0.717) is 5.02 Å². The van der Waals surface area contributed by atoms with Gasteiger partial charge in [-0.3, -0.25) is 0 Å². The molecule has 0 aliphatic carbocycles. The van der Waals surface area contributed by atoms with Crippen LogP contribution in [0.5, 0.6) is 0 Å². The first-order valence-electron chi connectivity index (χ1n) is 14.4. The van der Waals surface area contributed by atoms with Crippen LogP contribution in [0.15, 0.2) is 162 Å². The molecule has 7 aromatic carbocycles. The molecule has 3 heteroatoms. The first-order valence-corrected chi connectivity index (χ1v) is 14.8. The van der Waals surface area contributed by atoms with Crippen molar-refractivity contribution in [1.29, 1.82) is 0 Å². The maximum absolute atomic E-state index is 6.77. The molecule has 0 radical (unpaired) electrons. The van der Waals surface area contributed by atoms with Crippen molar-refractivity contribution in [3.63, 3.8) is 0 Å². The topological polar surface area (TPSA) is 16.4 Å². The zero-order chi connectivity index (χ0) is 28.8. The number of hydrogen-bond acceptors (Lipinski definition) is 2. The summed E-state index contributed by atoms with van der Waals surface area (Å²) in [6.07, 6.45) is 0. The van der Waals surface area contributed by atoms with Gasteiger partial charge in [0.25, 0.3) is 0 Å². The Kier molecular flexibility index (Phi) is 6.21. The van der Waals surface area contributed by atoms with Gasteiger partial charge in [-0.1, -0.05) is 127 Å². The summed E-state index contributed by atoms with van der Waals surface area (Å²) < 4.78 is 6.42. The Labute approximate surface area is 255 Å². The van der Waals surface area contributed by atoms with Crippen molar-refractivity contribution in [2.75, 3.05) is 4.90 Å². The third-order valence-electron chi connectivity index (χ3n) is 8.14. The van der Waals surface area contributed by atoms with Gasteiger partial charge < -0.3 is 9.32 Å². The number of hydrogen-bond donors (Lipinski definition) is 0. The van der Waals surface area contributed by atoms with E-state index in [9.17, 15) is 0 Å². The molecule has 0 aliphatic rings. The van der Waals surface area contributed by atoms with Gasteiger partial charge >= 0.3 is 0 Å². The van der Waals surface area contributed by atoms with Gasteiger partial charge in [0.1, 0.15) is 11.2 Å². The lowest BCUT2D eigenvalue weighted by Gasteiger charge is -2.27. The van der Waals surface area contributed by atoms with Gasteiger partial charge in [0, 0.05) is 32.9 Å². The van der Waals surface area contributed by atoms with E-state index >= 15 is 0 Å².